The molecule has 0 radical (unpaired) electrons. The van der Waals surface area contributed by atoms with Crippen LogP contribution in [0.2, 0.25) is 0 Å². The Morgan fingerprint density at radius 3 is 2.33 bits per heavy atom. The summed E-state index contributed by atoms with van der Waals surface area (Å²) in [6.07, 6.45) is 3.42. The molecular formula is C16H24N2O3. The number of unbranched alkanes of at least 4 members (excludes halogenated alkanes) is 2. The number of ether oxygens (including phenoxy) is 1. The van der Waals surface area contributed by atoms with Crippen LogP contribution in [0.3, 0.4) is 0 Å². The smallest absolute Gasteiger partial charge is 0.269 e. The maximum absolute atomic E-state index is 11.8. The number of nitrogens with one attached hydrogen (secondary N) is 2. The van der Waals surface area contributed by atoms with E-state index in [1.807, 2.05) is 13.8 Å². The van der Waals surface area contributed by atoms with Gasteiger partial charge in [0.1, 0.15) is 5.75 Å². The molecule has 0 aromatic heterocycles. The fourth-order valence-electron chi connectivity index (χ4n) is 1.75. The summed E-state index contributed by atoms with van der Waals surface area (Å²) in [5, 5.41) is 0. The van der Waals surface area contributed by atoms with Crippen LogP contribution in [0, 0.1) is 0 Å². The van der Waals surface area contributed by atoms with E-state index in [0.29, 0.717) is 17.7 Å². The summed E-state index contributed by atoms with van der Waals surface area (Å²) in [7, 11) is 0. The van der Waals surface area contributed by atoms with Crippen molar-refractivity contribution in [3.63, 3.8) is 0 Å². The van der Waals surface area contributed by atoms with Crippen LogP contribution in [0.25, 0.3) is 0 Å². The molecule has 1 aromatic rings. The second-order valence-electron chi connectivity index (χ2n) is 5.15. The SMILES string of the molecule is CCCCCC(=O)NNC(=O)c1ccc(OC(C)C)cc1. The molecule has 0 unspecified atom stereocenters. The molecule has 2 amide bonds. The van der Waals surface area contributed by atoms with Gasteiger partial charge < -0.3 is 4.74 Å². The highest BCUT2D eigenvalue weighted by molar-refractivity contribution is 5.95. The number of amides is 2. The lowest BCUT2D eigenvalue weighted by Crippen LogP contribution is -2.41. The third-order valence-electron chi connectivity index (χ3n) is 2.81. The molecule has 0 heterocycles. The molecule has 5 nitrogen and oxygen atoms in total. The highest BCUT2D eigenvalue weighted by Crippen LogP contribution is 2.13. The first kappa shape index (κ1) is 17.0. The lowest BCUT2D eigenvalue weighted by atomic mass is 10.2. The maximum atomic E-state index is 11.8. The van der Waals surface area contributed by atoms with Gasteiger partial charge in [-0.2, -0.15) is 0 Å². The molecule has 21 heavy (non-hydrogen) atoms. The fraction of sp³-hybridized carbons (Fsp3) is 0.500. The van der Waals surface area contributed by atoms with Gasteiger partial charge in [-0.25, -0.2) is 0 Å². The summed E-state index contributed by atoms with van der Waals surface area (Å²) in [6, 6.07) is 6.79. The molecule has 0 spiro atoms. The summed E-state index contributed by atoms with van der Waals surface area (Å²) in [6.45, 7) is 5.95. The monoisotopic (exact) mass is 292 g/mol. The summed E-state index contributed by atoms with van der Waals surface area (Å²) in [5.74, 6) is 0.205. The van der Waals surface area contributed by atoms with E-state index in [0.717, 1.165) is 19.3 Å². The largest absolute Gasteiger partial charge is 0.491 e. The first-order valence-electron chi connectivity index (χ1n) is 7.38. The average molecular weight is 292 g/mol. The Balaban J connectivity index is 2.39. The minimum absolute atomic E-state index is 0.0899. The number of carbonyl (C=O) groups is 2. The molecule has 1 rings (SSSR count). The number of rotatable bonds is 7. The van der Waals surface area contributed by atoms with Gasteiger partial charge in [0.15, 0.2) is 0 Å². The summed E-state index contributed by atoms with van der Waals surface area (Å²) >= 11 is 0. The molecule has 0 atom stereocenters. The summed E-state index contributed by atoms with van der Waals surface area (Å²) in [4.78, 5) is 23.3. The normalized spacial score (nSPS) is 10.3. The van der Waals surface area contributed by atoms with Crippen molar-refractivity contribution in [2.75, 3.05) is 0 Å². The highest BCUT2D eigenvalue weighted by atomic mass is 16.5. The quantitative estimate of drug-likeness (QED) is 0.600. The molecular weight excluding hydrogens is 268 g/mol. The molecule has 0 saturated carbocycles. The Morgan fingerprint density at radius 1 is 1.10 bits per heavy atom. The fourth-order valence-corrected chi connectivity index (χ4v) is 1.75. The Labute approximate surface area is 126 Å². The molecule has 0 bridgehead atoms. The van der Waals surface area contributed by atoms with Crippen LogP contribution < -0.4 is 15.6 Å². The van der Waals surface area contributed by atoms with Crippen LogP contribution in [-0.2, 0) is 4.79 Å². The number of hydrogen-bond acceptors (Lipinski definition) is 3. The van der Waals surface area contributed by atoms with E-state index in [-0.39, 0.29) is 17.9 Å². The van der Waals surface area contributed by atoms with Crippen molar-refractivity contribution in [1.82, 2.24) is 10.9 Å². The molecule has 116 valence electrons. The molecule has 0 saturated heterocycles. The van der Waals surface area contributed by atoms with E-state index in [1.54, 1.807) is 24.3 Å². The number of hydrogen-bond donors (Lipinski definition) is 2. The van der Waals surface area contributed by atoms with Gasteiger partial charge in [-0.05, 0) is 44.5 Å². The number of hydrazine groups is 1. The van der Waals surface area contributed by atoms with Gasteiger partial charge in [0.2, 0.25) is 5.91 Å². The van der Waals surface area contributed by atoms with E-state index in [9.17, 15) is 9.59 Å². The molecule has 2 N–H and O–H groups in total. The van der Waals surface area contributed by atoms with Crippen molar-refractivity contribution in [3.8, 4) is 5.75 Å². The molecule has 0 aliphatic rings. The standard InChI is InChI=1S/C16H24N2O3/c1-4-5-6-7-15(19)17-18-16(20)13-8-10-14(11-9-13)21-12(2)3/h8-12H,4-7H2,1-3H3,(H,17,19)(H,18,20). The Kier molecular flexibility index (Phi) is 7.29. The molecule has 0 fully saturated rings. The molecule has 0 aliphatic carbocycles. The van der Waals surface area contributed by atoms with E-state index < -0.39 is 0 Å². The zero-order valence-electron chi connectivity index (χ0n) is 12.9. The summed E-state index contributed by atoms with van der Waals surface area (Å²) < 4.78 is 5.50. The highest BCUT2D eigenvalue weighted by Gasteiger charge is 2.07. The third kappa shape index (κ3) is 6.79. The average Bonchev–Trinajstić information content (AvgIpc) is 2.45. The lowest BCUT2D eigenvalue weighted by molar-refractivity contribution is -0.121. The van der Waals surface area contributed by atoms with Gasteiger partial charge in [0.25, 0.3) is 5.91 Å². The van der Waals surface area contributed by atoms with Crippen LogP contribution in [0.4, 0.5) is 0 Å². The third-order valence-corrected chi connectivity index (χ3v) is 2.81. The van der Waals surface area contributed by atoms with E-state index in [2.05, 4.69) is 17.8 Å². The van der Waals surface area contributed by atoms with E-state index in [1.165, 1.54) is 0 Å². The summed E-state index contributed by atoms with van der Waals surface area (Å²) in [5.41, 5.74) is 5.30. The van der Waals surface area contributed by atoms with Crippen LogP contribution in [-0.4, -0.2) is 17.9 Å². The second-order valence-corrected chi connectivity index (χ2v) is 5.15. The van der Waals surface area contributed by atoms with Crippen molar-refractivity contribution in [2.24, 2.45) is 0 Å². The zero-order chi connectivity index (χ0) is 15.7. The van der Waals surface area contributed by atoms with Gasteiger partial charge in [0, 0.05) is 12.0 Å². The number of benzene rings is 1. The zero-order valence-corrected chi connectivity index (χ0v) is 12.9. The second kappa shape index (κ2) is 9.00. The van der Waals surface area contributed by atoms with Gasteiger partial charge in [-0.15, -0.1) is 0 Å². The van der Waals surface area contributed by atoms with Crippen LogP contribution in [0.1, 0.15) is 56.8 Å². The predicted molar refractivity (Wildman–Crippen MR) is 82.0 cm³/mol. The van der Waals surface area contributed by atoms with E-state index >= 15 is 0 Å². The van der Waals surface area contributed by atoms with E-state index in [4.69, 9.17) is 4.74 Å². The Bertz CT molecular complexity index is 455. The molecule has 0 aliphatic heterocycles. The first-order valence-corrected chi connectivity index (χ1v) is 7.38. The van der Waals surface area contributed by atoms with Crippen LogP contribution in [0.15, 0.2) is 24.3 Å². The van der Waals surface area contributed by atoms with Crippen LogP contribution >= 0.6 is 0 Å². The topological polar surface area (TPSA) is 67.4 Å². The van der Waals surface area contributed by atoms with Gasteiger partial charge in [-0.3, -0.25) is 20.4 Å². The predicted octanol–water partition coefficient (Wildman–Crippen LogP) is 2.82. The molecule has 5 heteroatoms. The van der Waals surface area contributed by atoms with Crippen molar-refractivity contribution in [3.05, 3.63) is 29.8 Å². The van der Waals surface area contributed by atoms with Crippen molar-refractivity contribution < 1.29 is 14.3 Å². The molecule has 1 aromatic carbocycles. The Morgan fingerprint density at radius 2 is 1.76 bits per heavy atom. The lowest BCUT2D eigenvalue weighted by Gasteiger charge is -2.10. The van der Waals surface area contributed by atoms with Crippen molar-refractivity contribution in [1.29, 1.82) is 0 Å². The maximum Gasteiger partial charge on any atom is 0.269 e. The number of carbonyl (C=O) groups excluding carboxylic acids is 2. The Hall–Kier alpha value is -2.04. The van der Waals surface area contributed by atoms with Crippen molar-refractivity contribution in [2.45, 2.75) is 52.6 Å². The minimum Gasteiger partial charge on any atom is -0.491 e. The van der Waals surface area contributed by atoms with Gasteiger partial charge >= 0.3 is 0 Å². The van der Waals surface area contributed by atoms with Gasteiger partial charge in [0.05, 0.1) is 6.10 Å². The van der Waals surface area contributed by atoms with Crippen molar-refractivity contribution >= 4 is 11.8 Å². The minimum atomic E-state index is -0.338. The van der Waals surface area contributed by atoms with Crippen LogP contribution in [0.5, 0.6) is 5.75 Å². The van der Waals surface area contributed by atoms with Gasteiger partial charge in [-0.1, -0.05) is 19.8 Å². The first-order chi connectivity index (χ1) is 10.0.